The van der Waals surface area contributed by atoms with Gasteiger partial charge in [-0.1, -0.05) is 11.8 Å². The minimum absolute atomic E-state index is 0.0347. The molecule has 1 atom stereocenters. The van der Waals surface area contributed by atoms with Crippen LogP contribution in [0.4, 0.5) is 10.8 Å². The van der Waals surface area contributed by atoms with Crippen LogP contribution >= 0.6 is 23.1 Å². The number of amides is 2. The molecule has 0 bridgehead atoms. The Morgan fingerprint density at radius 2 is 2.04 bits per heavy atom. The van der Waals surface area contributed by atoms with Crippen molar-refractivity contribution < 1.29 is 14.4 Å². The van der Waals surface area contributed by atoms with Gasteiger partial charge >= 0.3 is 0 Å². The van der Waals surface area contributed by atoms with Crippen LogP contribution in [0.5, 0.6) is 0 Å². The van der Waals surface area contributed by atoms with Crippen molar-refractivity contribution in [1.82, 2.24) is 9.88 Å². The Morgan fingerprint density at radius 1 is 1.30 bits per heavy atom. The number of carbonyl (C=O) groups excluding carboxylic acids is 3. The van der Waals surface area contributed by atoms with Crippen molar-refractivity contribution in [2.75, 3.05) is 11.9 Å². The number of aromatic nitrogens is 1. The zero-order chi connectivity index (χ0) is 19.4. The molecule has 140 valence electrons. The summed E-state index contributed by atoms with van der Waals surface area (Å²) in [5.74, 6) is -0.421. The van der Waals surface area contributed by atoms with Crippen LogP contribution in [-0.4, -0.2) is 44.4 Å². The number of hydrogen-bond donors (Lipinski definition) is 1. The maximum atomic E-state index is 12.6. The molecule has 2 amide bonds. The maximum Gasteiger partial charge on any atom is 0.242 e. The molecular weight excluding hydrogens is 384 g/mol. The minimum atomic E-state index is -0.514. The van der Waals surface area contributed by atoms with E-state index in [0.717, 1.165) is 0 Å². The standard InChI is InChI=1S/C18H18N4O3S2/c1-3-22-16(25)14(27-18(22)21-17-19-8-9-26-17)10-15(24)20-13-6-4-12(5-7-13)11(2)23/h4-9,14H,3,10H2,1-2H3,(H,20,24). The first-order valence-corrected chi connectivity index (χ1v) is 10.1. The molecule has 1 aliphatic rings. The lowest BCUT2D eigenvalue weighted by Crippen LogP contribution is -2.33. The number of Topliss-reactive ketones (excluding diaryl/α,β-unsaturated/α-hetero) is 1. The van der Waals surface area contributed by atoms with Crippen LogP contribution in [-0.2, 0) is 9.59 Å². The van der Waals surface area contributed by atoms with Crippen LogP contribution in [0.25, 0.3) is 0 Å². The number of ketones is 1. The summed E-state index contributed by atoms with van der Waals surface area (Å²) in [5.41, 5.74) is 1.17. The Hall–Kier alpha value is -2.52. The lowest BCUT2D eigenvalue weighted by atomic mass is 10.1. The van der Waals surface area contributed by atoms with E-state index >= 15 is 0 Å². The van der Waals surface area contributed by atoms with Crippen LogP contribution < -0.4 is 5.32 Å². The highest BCUT2D eigenvalue weighted by Crippen LogP contribution is 2.32. The zero-order valence-electron chi connectivity index (χ0n) is 14.8. The Labute approximate surface area is 164 Å². The highest BCUT2D eigenvalue weighted by Gasteiger charge is 2.38. The highest BCUT2D eigenvalue weighted by atomic mass is 32.2. The van der Waals surface area contributed by atoms with Crippen LogP contribution in [0, 0.1) is 0 Å². The molecule has 0 radical (unpaired) electrons. The van der Waals surface area contributed by atoms with E-state index in [1.165, 1.54) is 30.0 Å². The Bertz CT molecular complexity index is 879. The summed E-state index contributed by atoms with van der Waals surface area (Å²) in [6, 6.07) is 6.66. The van der Waals surface area contributed by atoms with Gasteiger partial charge in [-0.15, -0.1) is 11.3 Å². The van der Waals surface area contributed by atoms with Crippen molar-refractivity contribution in [3.8, 4) is 0 Å². The molecule has 0 spiro atoms. The third-order valence-corrected chi connectivity index (χ3v) is 5.73. The number of thioether (sulfide) groups is 1. The lowest BCUT2D eigenvalue weighted by molar-refractivity contribution is -0.128. The third kappa shape index (κ3) is 4.61. The van der Waals surface area contributed by atoms with Crippen LogP contribution in [0.3, 0.4) is 0 Å². The van der Waals surface area contributed by atoms with Gasteiger partial charge < -0.3 is 5.32 Å². The maximum absolute atomic E-state index is 12.6. The Morgan fingerprint density at radius 3 is 2.63 bits per heavy atom. The number of thiazole rings is 1. The molecule has 1 saturated heterocycles. The summed E-state index contributed by atoms with van der Waals surface area (Å²) >= 11 is 2.67. The van der Waals surface area contributed by atoms with E-state index in [4.69, 9.17) is 0 Å². The molecule has 0 saturated carbocycles. The first-order chi connectivity index (χ1) is 13.0. The fourth-order valence-corrected chi connectivity index (χ4v) is 4.30. The fourth-order valence-electron chi connectivity index (χ4n) is 2.54. The number of nitrogens with zero attached hydrogens (tertiary/aromatic N) is 3. The second kappa shape index (κ2) is 8.45. The normalized spacial score (nSPS) is 18.1. The van der Waals surface area contributed by atoms with Crippen molar-refractivity contribution in [2.45, 2.75) is 25.5 Å². The number of nitrogens with one attached hydrogen (secondary N) is 1. The van der Waals surface area contributed by atoms with E-state index < -0.39 is 5.25 Å². The number of aliphatic imine (C=N–C) groups is 1. The zero-order valence-corrected chi connectivity index (χ0v) is 16.5. The van der Waals surface area contributed by atoms with Gasteiger partial charge in [-0.2, -0.15) is 4.99 Å². The second-order valence-corrected chi connectivity index (χ2v) is 7.83. The monoisotopic (exact) mass is 402 g/mol. The molecule has 1 aliphatic heterocycles. The third-order valence-electron chi connectivity index (χ3n) is 3.89. The molecule has 3 rings (SSSR count). The summed E-state index contributed by atoms with van der Waals surface area (Å²) < 4.78 is 0. The largest absolute Gasteiger partial charge is 0.326 e. The van der Waals surface area contributed by atoms with E-state index in [1.807, 2.05) is 12.3 Å². The van der Waals surface area contributed by atoms with Gasteiger partial charge in [0.05, 0.1) is 0 Å². The first kappa shape index (κ1) is 19.2. The molecule has 0 aliphatic carbocycles. The Balaban J connectivity index is 1.65. The van der Waals surface area contributed by atoms with E-state index in [9.17, 15) is 14.4 Å². The summed E-state index contributed by atoms with van der Waals surface area (Å²) in [4.78, 5) is 46.3. The average molecular weight is 403 g/mol. The fraction of sp³-hybridized carbons (Fsp3) is 0.278. The van der Waals surface area contributed by atoms with Crippen molar-refractivity contribution in [1.29, 1.82) is 0 Å². The number of rotatable bonds is 6. The predicted octanol–water partition coefficient (Wildman–Crippen LogP) is 3.33. The SMILES string of the molecule is CCN1C(=O)C(CC(=O)Nc2ccc(C(C)=O)cc2)SC1=Nc1nccs1. The number of benzene rings is 1. The van der Waals surface area contributed by atoms with Crippen LogP contribution in [0.1, 0.15) is 30.6 Å². The van der Waals surface area contributed by atoms with Gasteiger partial charge in [0.25, 0.3) is 0 Å². The number of hydrogen-bond acceptors (Lipinski definition) is 7. The van der Waals surface area contributed by atoms with E-state index in [2.05, 4.69) is 15.3 Å². The topological polar surface area (TPSA) is 91.7 Å². The highest BCUT2D eigenvalue weighted by molar-refractivity contribution is 8.15. The summed E-state index contributed by atoms with van der Waals surface area (Å²) in [7, 11) is 0. The van der Waals surface area contributed by atoms with E-state index in [1.54, 1.807) is 35.4 Å². The van der Waals surface area contributed by atoms with Gasteiger partial charge in [0.15, 0.2) is 11.0 Å². The molecular formula is C18H18N4O3S2. The predicted molar refractivity (Wildman–Crippen MR) is 108 cm³/mol. The van der Waals surface area contributed by atoms with Gasteiger partial charge in [0.2, 0.25) is 16.9 Å². The van der Waals surface area contributed by atoms with Gasteiger partial charge in [-0.25, -0.2) is 4.98 Å². The van der Waals surface area contributed by atoms with Gasteiger partial charge in [-0.05, 0) is 38.1 Å². The molecule has 2 heterocycles. The van der Waals surface area contributed by atoms with Crippen LogP contribution in [0.15, 0.2) is 40.8 Å². The van der Waals surface area contributed by atoms with Crippen molar-refractivity contribution >= 4 is 56.7 Å². The molecule has 9 heteroatoms. The summed E-state index contributed by atoms with van der Waals surface area (Å²) in [6.07, 6.45) is 1.70. The molecule has 1 unspecified atom stereocenters. The van der Waals surface area contributed by atoms with Gasteiger partial charge in [0.1, 0.15) is 5.25 Å². The second-order valence-electron chi connectivity index (χ2n) is 5.78. The molecule has 7 nitrogen and oxygen atoms in total. The quantitative estimate of drug-likeness (QED) is 0.749. The number of carbonyl (C=O) groups is 3. The van der Waals surface area contributed by atoms with Crippen molar-refractivity contribution in [3.63, 3.8) is 0 Å². The van der Waals surface area contributed by atoms with Crippen molar-refractivity contribution in [2.24, 2.45) is 4.99 Å². The van der Waals surface area contributed by atoms with Crippen molar-refractivity contribution in [3.05, 3.63) is 41.4 Å². The van der Waals surface area contributed by atoms with Crippen LogP contribution in [0.2, 0.25) is 0 Å². The summed E-state index contributed by atoms with van der Waals surface area (Å²) in [5, 5.41) is 5.22. The van der Waals surface area contributed by atoms with Gasteiger partial charge in [0, 0.05) is 35.8 Å². The number of amidine groups is 1. The van der Waals surface area contributed by atoms with Gasteiger partial charge in [-0.3, -0.25) is 19.3 Å². The molecule has 1 N–H and O–H groups in total. The molecule has 2 aromatic rings. The lowest BCUT2D eigenvalue weighted by Gasteiger charge is -2.12. The van der Waals surface area contributed by atoms with E-state index in [-0.39, 0.29) is 24.0 Å². The van der Waals surface area contributed by atoms with E-state index in [0.29, 0.717) is 28.1 Å². The first-order valence-electron chi connectivity index (χ1n) is 8.35. The smallest absolute Gasteiger partial charge is 0.242 e. The molecule has 1 fully saturated rings. The molecule has 27 heavy (non-hydrogen) atoms. The summed E-state index contributed by atoms with van der Waals surface area (Å²) in [6.45, 7) is 3.84. The molecule has 1 aromatic carbocycles. The molecule has 1 aromatic heterocycles. The number of anilines is 1. The average Bonchev–Trinajstić information content (AvgIpc) is 3.24. The Kier molecular flexibility index (Phi) is 6.02. The minimum Gasteiger partial charge on any atom is -0.326 e.